The minimum atomic E-state index is -0.345. The van der Waals surface area contributed by atoms with Gasteiger partial charge in [0, 0.05) is 19.8 Å². The number of benzene rings is 2. The van der Waals surface area contributed by atoms with E-state index < -0.39 is 0 Å². The first-order valence-corrected chi connectivity index (χ1v) is 10.4. The minimum absolute atomic E-state index is 0.0765. The molecule has 0 aliphatic heterocycles. The number of phenols is 1. The number of methoxy groups -OCH3 is 2. The summed E-state index contributed by atoms with van der Waals surface area (Å²) < 4.78 is 26.4. The van der Waals surface area contributed by atoms with Crippen LogP contribution in [-0.2, 0) is 7.05 Å². The Bertz CT molecular complexity index is 1280. The Morgan fingerprint density at radius 1 is 1.12 bits per heavy atom. The number of fused-ring (bicyclic) bond motifs is 1. The van der Waals surface area contributed by atoms with Gasteiger partial charge < -0.3 is 24.5 Å². The number of carbonyl (C=O) groups excluding carboxylic acids is 1. The Balaban J connectivity index is 1.74. The van der Waals surface area contributed by atoms with Crippen LogP contribution in [0, 0.1) is 5.82 Å². The molecule has 0 atom stereocenters. The highest BCUT2D eigenvalue weighted by molar-refractivity contribution is 6.06. The fourth-order valence-electron chi connectivity index (χ4n) is 4.10. The average Bonchev–Trinajstić information content (AvgIpc) is 3.34. The molecule has 2 N–H and O–H groups in total. The zero-order valence-corrected chi connectivity index (χ0v) is 18.9. The van der Waals surface area contributed by atoms with Gasteiger partial charge in [-0.3, -0.25) is 4.79 Å². The Morgan fingerprint density at radius 2 is 1.82 bits per heavy atom. The van der Waals surface area contributed by atoms with E-state index in [2.05, 4.69) is 5.32 Å². The summed E-state index contributed by atoms with van der Waals surface area (Å²) in [6.45, 7) is 2.20. The molecule has 0 saturated heterocycles. The summed E-state index contributed by atoms with van der Waals surface area (Å²) in [5.41, 5.74) is 5.56. The number of aryl methyl sites for hydroxylation is 1. The van der Waals surface area contributed by atoms with Gasteiger partial charge in [0.15, 0.2) is 11.5 Å². The fraction of sp³-hybridized carbons (Fsp3) is 0.192. The van der Waals surface area contributed by atoms with E-state index in [-0.39, 0.29) is 35.5 Å². The van der Waals surface area contributed by atoms with Crippen molar-refractivity contribution in [2.45, 2.75) is 6.92 Å². The third-order valence-corrected chi connectivity index (χ3v) is 5.87. The lowest BCUT2D eigenvalue weighted by atomic mass is 10.00. The van der Waals surface area contributed by atoms with Crippen LogP contribution < -0.4 is 14.8 Å². The van der Waals surface area contributed by atoms with Gasteiger partial charge in [0.2, 0.25) is 5.75 Å². The molecule has 33 heavy (non-hydrogen) atoms. The maximum atomic E-state index is 14.1. The molecule has 6 nitrogen and oxygen atoms in total. The number of amides is 1. The predicted molar refractivity (Wildman–Crippen MR) is 126 cm³/mol. The Labute approximate surface area is 191 Å². The van der Waals surface area contributed by atoms with E-state index in [1.807, 2.05) is 13.0 Å². The molecule has 4 rings (SSSR count). The molecule has 2 aromatic carbocycles. The number of carbonyl (C=O) groups is 1. The van der Waals surface area contributed by atoms with Crippen LogP contribution in [0.25, 0.3) is 17.2 Å². The first-order chi connectivity index (χ1) is 15.8. The number of nitrogens with zero attached hydrogens (tertiary/aromatic N) is 1. The number of nitrogens with one attached hydrogen (secondary N) is 1. The molecule has 3 aromatic rings. The number of rotatable bonds is 6. The summed E-state index contributed by atoms with van der Waals surface area (Å²) in [6.07, 6.45) is 3.74. The van der Waals surface area contributed by atoms with Crippen molar-refractivity contribution in [3.63, 3.8) is 0 Å². The second kappa shape index (κ2) is 8.86. The zero-order valence-electron chi connectivity index (χ0n) is 18.9. The number of halogens is 1. The summed E-state index contributed by atoms with van der Waals surface area (Å²) in [4.78, 5) is 12.6. The van der Waals surface area contributed by atoms with E-state index in [0.29, 0.717) is 5.69 Å². The molecular weight excluding hydrogens is 423 g/mol. The molecule has 1 heterocycles. The van der Waals surface area contributed by atoms with Crippen LogP contribution in [0.2, 0.25) is 0 Å². The first-order valence-electron chi connectivity index (χ1n) is 10.4. The largest absolute Gasteiger partial charge is 0.502 e. The number of hydrogen-bond donors (Lipinski definition) is 2. The van der Waals surface area contributed by atoms with Crippen molar-refractivity contribution in [2.24, 2.45) is 7.05 Å². The highest BCUT2D eigenvalue weighted by atomic mass is 19.1. The third kappa shape index (κ3) is 4.09. The quantitative estimate of drug-likeness (QED) is 0.576. The summed E-state index contributed by atoms with van der Waals surface area (Å²) >= 11 is 0. The standard InChI is InChI=1S/C26H25FN2O4/c1-15-19(10-16-11-23(32-3)25(30)24(12-16)33-4)18-8-7-17(27)13-20(18)21(15)14-28-26(31)22-6-5-9-29(22)2/h5-13,30H,14H2,1-4H3,(H,28,31)/b19-10-. The van der Waals surface area contributed by atoms with Crippen LogP contribution in [-0.4, -0.2) is 36.3 Å². The summed E-state index contributed by atoms with van der Waals surface area (Å²) in [5.74, 6) is -0.0500. The summed E-state index contributed by atoms with van der Waals surface area (Å²) in [5, 5.41) is 13.2. The molecule has 7 heteroatoms. The van der Waals surface area contributed by atoms with Crippen LogP contribution in [0.5, 0.6) is 17.2 Å². The van der Waals surface area contributed by atoms with Gasteiger partial charge in [-0.15, -0.1) is 0 Å². The number of aromatic hydroxyl groups is 1. The molecular formula is C26H25FN2O4. The monoisotopic (exact) mass is 448 g/mol. The van der Waals surface area contributed by atoms with Crippen LogP contribution >= 0.6 is 0 Å². The van der Waals surface area contributed by atoms with Crippen molar-refractivity contribution in [1.29, 1.82) is 0 Å². The van der Waals surface area contributed by atoms with Crippen LogP contribution in [0.1, 0.15) is 34.1 Å². The van der Waals surface area contributed by atoms with Gasteiger partial charge in [-0.1, -0.05) is 6.07 Å². The van der Waals surface area contributed by atoms with Gasteiger partial charge >= 0.3 is 0 Å². The lowest BCUT2D eigenvalue weighted by Gasteiger charge is -2.11. The number of ether oxygens (including phenoxy) is 2. The lowest BCUT2D eigenvalue weighted by molar-refractivity contribution is 0.0950. The second-order valence-electron chi connectivity index (χ2n) is 7.81. The normalized spacial score (nSPS) is 13.9. The summed E-state index contributed by atoms with van der Waals surface area (Å²) in [7, 11) is 4.75. The van der Waals surface area contributed by atoms with Crippen molar-refractivity contribution in [3.05, 3.63) is 82.4 Å². The minimum Gasteiger partial charge on any atom is -0.502 e. The Morgan fingerprint density at radius 3 is 2.42 bits per heavy atom. The Kier molecular flexibility index (Phi) is 5.96. The van der Waals surface area contributed by atoms with Crippen LogP contribution in [0.3, 0.4) is 0 Å². The Hall–Kier alpha value is -4.00. The van der Waals surface area contributed by atoms with Gasteiger partial charge in [0.25, 0.3) is 5.91 Å². The summed E-state index contributed by atoms with van der Waals surface area (Å²) in [6, 6.07) is 11.6. The van der Waals surface area contributed by atoms with E-state index in [4.69, 9.17) is 9.47 Å². The van der Waals surface area contributed by atoms with Crippen molar-refractivity contribution in [3.8, 4) is 17.2 Å². The van der Waals surface area contributed by atoms with E-state index >= 15 is 0 Å². The average molecular weight is 448 g/mol. The van der Waals surface area contributed by atoms with Crippen molar-refractivity contribution in [2.75, 3.05) is 20.8 Å². The van der Waals surface area contributed by atoms with E-state index in [1.165, 1.54) is 26.4 Å². The second-order valence-corrected chi connectivity index (χ2v) is 7.81. The molecule has 1 aliphatic carbocycles. The van der Waals surface area contributed by atoms with Crippen molar-refractivity contribution < 1.29 is 23.8 Å². The van der Waals surface area contributed by atoms with E-state index in [0.717, 1.165) is 33.4 Å². The third-order valence-electron chi connectivity index (χ3n) is 5.87. The fourth-order valence-corrected chi connectivity index (χ4v) is 4.10. The SMILES string of the molecule is COc1cc(/C=C2/C(C)=C(CNC(=O)c3cccn3C)c3cc(F)ccc32)cc(OC)c1O. The number of hydrogen-bond acceptors (Lipinski definition) is 4. The highest BCUT2D eigenvalue weighted by Gasteiger charge is 2.25. The highest BCUT2D eigenvalue weighted by Crippen LogP contribution is 2.44. The van der Waals surface area contributed by atoms with Crippen molar-refractivity contribution >= 4 is 23.1 Å². The van der Waals surface area contributed by atoms with Crippen molar-refractivity contribution in [1.82, 2.24) is 9.88 Å². The van der Waals surface area contributed by atoms with E-state index in [9.17, 15) is 14.3 Å². The maximum Gasteiger partial charge on any atom is 0.268 e. The molecule has 0 bridgehead atoms. The topological polar surface area (TPSA) is 72.7 Å². The van der Waals surface area contributed by atoms with Crippen LogP contribution in [0.15, 0.2) is 54.2 Å². The number of aromatic nitrogens is 1. The van der Waals surface area contributed by atoms with Gasteiger partial charge in [0.1, 0.15) is 11.5 Å². The molecule has 0 radical (unpaired) electrons. The molecule has 1 aromatic heterocycles. The molecule has 0 spiro atoms. The van der Waals surface area contributed by atoms with E-state index in [1.54, 1.807) is 48.1 Å². The van der Waals surface area contributed by atoms with Gasteiger partial charge in [-0.2, -0.15) is 0 Å². The molecule has 1 amide bonds. The molecule has 0 saturated carbocycles. The maximum absolute atomic E-state index is 14.1. The van der Waals surface area contributed by atoms with Crippen LogP contribution in [0.4, 0.5) is 4.39 Å². The molecule has 1 aliphatic rings. The number of phenolic OH excluding ortho intramolecular Hbond substituents is 1. The van der Waals surface area contributed by atoms with Gasteiger partial charge in [0.05, 0.1) is 14.2 Å². The zero-order chi connectivity index (χ0) is 23.7. The van der Waals surface area contributed by atoms with Gasteiger partial charge in [-0.05, 0) is 82.8 Å². The number of allylic oxidation sites excluding steroid dienone is 2. The smallest absolute Gasteiger partial charge is 0.268 e. The van der Waals surface area contributed by atoms with Gasteiger partial charge in [-0.25, -0.2) is 4.39 Å². The first kappa shape index (κ1) is 22.2. The molecule has 170 valence electrons. The molecule has 0 unspecified atom stereocenters. The lowest BCUT2D eigenvalue weighted by Crippen LogP contribution is -2.27. The predicted octanol–water partition coefficient (Wildman–Crippen LogP) is 4.64. The molecule has 0 fully saturated rings.